The van der Waals surface area contributed by atoms with Crippen LogP contribution >= 0.6 is 0 Å². The fraction of sp³-hybridized carbons (Fsp3) is 0.895. The lowest BCUT2D eigenvalue weighted by molar-refractivity contribution is 0.0789. The minimum Gasteiger partial charge on any atom is -0.495 e. The predicted molar refractivity (Wildman–Crippen MR) is 86.8 cm³/mol. The van der Waals surface area contributed by atoms with Gasteiger partial charge in [0.2, 0.25) is 0 Å². The van der Waals surface area contributed by atoms with E-state index in [9.17, 15) is 0 Å². The zero-order valence-corrected chi connectivity index (χ0v) is 13.4. The average molecular weight is 278 g/mol. The Morgan fingerprint density at radius 2 is 1.20 bits per heavy atom. The highest BCUT2D eigenvalue weighted by Crippen LogP contribution is 2.25. The third-order valence-corrected chi connectivity index (χ3v) is 4.88. The first kappa shape index (κ1) is 15.9. The molecule has 1 heteroatoms. The normalized spacial score (nSPS) is 28.0. The highest BCUT2D eigenvalue weighted by molar-refractivity contribution is 4.97. The number of hydrogen-bond donors (Lipinski definition) is 0. The Labute approximate surface area is 126 Å². The van der Waals surface area contributed by atoms with Gasteiger partial charge < -0.3 is 4.74 Å². The van der Waals surface area contributed by atoms with Crippen LogP contribution in [0.4, 0.5) is 0 Å². The van der Waals surface area contributed by atoms with E-state index in [0.29, 0.717) is 6.10 Å². The molecule has 0 saturated carbocycles. The van der Waals surface area contributed by atoms with Gasteiger partial charge in [0.25, 0.3) is 0 Å². The smallest absolute Gasteiger partial charge is 0.0985 e. The van der Waals surface area contributed by atoms with Crippen LogP contribution in [0.5, 0.6) is 0 Å². The lowest BCUT2D eigenvalue weighted by atomic mass is 10.0. The van der Waals surface area contributed by atoms with E-state index in [4.69, 9.17) is 4.74 Å². The van der Waals surface area contributed by atoms with Crippen molar-refractivity contribution in [3.05, 3.63) is 11.8 Å². The van der Waals surface area contributed by atoms with Gasteiger partial charge in [0, 0.05) is 6.42 Å². The molecule has 2 aliphatic rings. The molecule has 1 nitrogen and oxygen atoms in total. The summed E-state index contributed by atoms with van der Waals surface area (Å²) in [6.07, 6.45) is 25.0. The van der Waals surface area contributed by atoms with Crippen LogP contribution in [0, 0.1) is 0 Å². The molecule has 20 heavy (non-hydrogen) atoms. The summed E-state index contributed by atoms with van der Waals surface area (Å²) in [4.78, 5) is 0. The third-order valence-electron chi connectivity index (χ3n) is 4.88. The summed E-state index contributed by atoms with van der Waals surface area (Å²) >= 11 is 0. The first-order valence-electron chi connectivity index (χ1n) is 9.31. The van der Waals surface area contributed by atoms with Gasteiger partial charge in [-0.25, -0.2) is 0 Å². The highest BCUT2D eigenvalue weighted by atomic mass is 16.5. The summed E-state index contributed by atoms with van der Waals surface area (Å²) in [5.41, 5.74) is 0. The Bertz CT molecular complexity index is 269. The number of hydrogen-bond acceptors (Lipinski definition) is 1. The van der Waals surface area contributed by atoms with Crippen molar-refractivity contribution in [3.63, 3.8) is 0 Å². The van der Waals surface area contributed by atoms with E-state index in [2.05, 4.69) is 6.08 Å². The summed E-state index contributed by atoms with van der Waals surface area (Å²) in [7, 11) is 0. The average Bonchev–Trinajstić information content (AvgIpc) is 2.47. The van der Waals surface area contributed by atoms with Crippen LogP contribution in [0.3, 0.4) is 0 Å². The maximum absolute atomic E-state index is 6.17. The van der Waals surface area contributed by atoms with E-state index in [0.717, 1.165) is 0 Å². The van der Waals surface area contributed by atoms with Gasteiger partial charge in [0.15, 0.2) is 0 Å². The Balaban J connectivity index is 1.71. The molecule has 0 N–H and O–H groups in total. The van der Waals surface area contributed by atoms with Crippen LogP contribution in [-0.2, 0) is 4.74 Å². The number of allylic oxidation sites excluding steroid dienone is 2. The molecule has 1 unspecified atom stereocenters. The van der Waals surface area contributed by atoms with Crippen molar-refractivity contribution in [1.29, 1.82) is 0 Å². The van der Waals surface area contributed by atoms with Crippen LogP contribution in [0.15, 0.2) is 11.8 Å². The molecule has 0 aliphatic carbocycles. The molecule has 1 atom stereocenters. The van der Waals surface area contributed by atoms with E-state index >= 15 is 0 Å². The lowest BCUT2D eigenvalue weighted by Gasteiger charge is -2.25. The van der Waals surface area contributed by atoms with Gasteiger partial charge in [0.05, 0.1) is 11.9 Å². The zero-order chi connectivity index (χ0) is 13.9. The number of fused-ring (bicyclic) bond motifs is 2. The van der Waals surface area contributed by atoms with E-state index in [1.54, 1.807) is 0 Å². The minimum absolute atomic E-state index is 0.533. The van der Waals surface area contributed by atoms with E-state index in [1.807, 2.05) is 0 Å². The molecule has 0 aromatic heterocycles. The maximum atomic E-state index is 6.17. The third kappa shape index (κ3) is 6.81. The molecule has 0 amide bonds. The quantitative estimate of drug-likeness (QED) is 0.490. The predicted octanol–water partition coefficient (Wildman–Crippen LogP) is 6.52. The van der Waals surface area contributed by atoms with Gasteiger partial charge in [-0.15, -0.1) is 0 Å². The molecular formula is C19H34O. The Kier molecular flexibility index (Phi) is 8.19. The minimum atomic E-state index is 0.533. The lowest BCUT2D eigenvalue weighted by Crippen LogP contribution is -2.16. The van der Waals surface area contributed by atoms with Gasteiger partial charge in [-0.05, 0) is 38.2 Å². The molecular weight excluding hydrogens is 244 g/mol. The van der Waals surface area contributed by atoms with Crippen molar-refractivity contribution in [2.24, 2.45) is 0 Å². The molecule has 2 rings (SSSR count). The van der Waals surface area contributed by atoms with E-state index < -0.39 is 0 Å². The monoisotopic (exact) mass is 278 g/mol. The second-order valence-electron chi connectivity index (χ2n) is 6.77. The molecule has 1 fully saturated rings. The Morgan fingerprint density at radius 1 is 0.650 bits per heavy atom. The van der Waals surface area contributed by atoms with Gasteiger partial charge in [0.1, 0.15) is 0 Å². The number of rotatable bonds is 0. The second kappa shape index (κ2) is 10.3. The molecule has 2 heterocycles. The van der Waals surface area contributed by atoms with Crippen molar-refractivity contribution >= 4 is 0 Å². The van der Waals surface area contributed by atoms with E-state index in [-0.39, 0.29) is 0 Å². The van der Waals surface area contributed by atoms with Crippen molar-refractivity contribution in [3.8, 4) is 0 Å². The van der Waals surface area contributed by atoms with Crippen LogP contribution in [-0.4, -0.2) is 6.10 Å². The molecule has 2 bridgehead atoms. The fourth-order valence-electron chi connectivity index (χ4n) is 3.55. The summed E-state index contributed by atoms with van der Waals surface area (Å²) in [6.45, 7) is 0. The zero-order valence-electron chi connectivity index (χ0n) is 13.4. The summed E-state index contributed by atoms with van der Waals surface area (Å²) in [5, 5.41) is 0. The standard InChI is InChI=1S/C19H34O/c1-2-4-6-8-10-12-15-19-17-13-16-18(20-19)14-11-9-7-5-3-1/h16,19H,1-15,17H2. The Hall–Kier alpha value is -0.460. The summed E-state index contributed by atoms with van der Waals surface area (Å²) in [6, 6.07) is 0. The second-order valence-corrected chi connectivity index (χ2v) is 6.77. The molecule has 0 radical (unpaired) electrons. The topological polar surface area (TPSA) is 9.23 Å². The van der Waals surface area contributed by atoms with Crippen LogP contribution in [0.1, 0.15) is 103 Å². The first-order chi connectivity index (χ1) is 9.95. The van der Waals surface area contributed by atoms with Crippen LogP contribution in [0.25, 0.3) is 0 Å². The van der Waals surface area contributed by atoms with Crippen molar-refractivity contribution in [1.82, 2.24) is 0 Å². The highest BCUT2D eigenvalue weighted by Gasteiger charge is 2.15. The van der Waals surface area contributed by atoms with Gasteiger partial charge in [-0.1, -0.05) is 64.2 Å². The van der Waals surface area contributed by atoms with Crippen molar-refractivity contribution in [2.45, 2.75) is 109 Å². The molecule has 0 aromatic rings. The largest absolute Gasteiger partial charge is 0.495 e. The SMILES string of the molecule is C1=C2CCCCCCCCCCCCCCC(CC1)O2. The number of ether oxygens (including phenoxy) is 1. The molecule has 0 aromatic carbocycles. The van der Waals surface area contributed by atoms with Crippen molar-refractivity contribution < 1.29 is 4.74 Å². The van der Waals surface area contributed by atoms with Gasteiger partial charge in [-0.2, -0.15) is 0 Å². The molecule has 116 valence electrons. The molecule has 0 spiro atoms. The van der Waals surface area contributed by atoms with Gasteiger partial charge in [-0.3, -0.25) is 0 Å². The van der Waals surface area contributed by atoms with Crippen LogP contribution in [0.2, 0.25) is 0 Å². The van der Waals surface area contributed by atoms with Crippen molar-refractivity contribution in [2.75, 3.05) is 0 Å². The first-order valence-corrected chi connectivity index (χ1v) is 9.31. The summed E-state index contributed by atoms with van der Waals surface area (Å²) in [5.74, 6) is 1.31. The maximum Gasteiger partial charge on any atom is 0.0985 e. The van der Waals surface area contributed by atoms with Gasteiger partial charge >= 0.3 is 0 Å². The molecule has 1 saturated heterocycles. The molecule has 2 aliphatic heterocycles. The van der Waals surface area contributed by atoms with Crippen LogP contribution < -0.4 is 0 Å². The Morgan fingerprint density at radius 3 is 1.85 bits per heavy atom. The van der Waals surface area contributed by atoms with E-state index in [1.165, 1.54) is 108 Å². The fourth-order valence-corrected chi connectivity index (χ4v) is 3.55. The summed E-state index contributed by atoms with van der Waals surface area (Å²) < 4.78 is 6.17.